The van der Waals surface area contributed by atoms with Crippen LogP contribution >= 0.6 is 11.3 Å². The SMILES string of the molecule is CCC(C)(C)C1NCCc2ccsc21. The Kier molecular flexibility index (Phi) is 2.67. The summed E-state index contributed by atoms with van der Waals surface area (Å²) < 4.78 is 0. The van der Waals surface area contributed by atoms with Gasteiger partial charge in [0.25, 0.3) is 0 Å². The van der Waals surface area contributed by atoms with E-state index >= 15 is 0 Å². The van der Waals surface area contributed by atoms with Crippen LogP contribution in [0.4, 0.5) is 0 Å². The van der Waals surface area contributed by atoms with Gasteiger partial charge in [0.15, 0.2) is 0 Å². The van der Waals surface area contributed by atoms with Crippen LogP contribution in [0.15, 0.2) is 11.4 Å². The molecule has 2 heterocycles. The number of hydrogen-bond acceptors (Lipinski definition) is 2. The van der Waals surface area contributed by atoms with Gasteiger partial charge in [-0.2, -0.15) is 0 Å². The van der Waals surface area contributed by atoms with E-state index in [2.05, 4.69) is 37.5 Å². The summed E-state index contributed by atoms with van der Waals surface area (Å²) in [6, 6.07) is 2.86. The summed E-state index contributed by atoms with van der Waals surface area (Å²) in [5.74, 6) is 0. The molecular weight excluding hydrogens is 190 g/mol. The Labute approximate surface area is 90.5 Å². The molecular formula is C12H19NS. The Balaban J connectivity index is 2.32. The molecule has 0 amide bonds. The van der Waals surface area contributed by atoms with Crippen molar-refractivity contribution in [3.8, 4) is 0 Å². The lowest BCUT2D eigenvalue weighted by Gasteiger charge is -2.37. The zero-order valence-corrected chi connectivity index (χ0v) is 10.1. The predicted octanol–water partition coefficient (Wildman–Crippen LogP) is 3.37. The van der Waals surface area contributed by atoms with Gasteiger partial charge in [-0.05, 0) is 41.8 Å². The average Bonchev–Trinajstić information content (AvgIpc) is 2.64. The first-order valence-corrected chi connectivity index (χ1v) is 6.33. The second kappa shape index (κ2) is 3.67. The summed E-state index contributed by atoms with van der Waals surface area (Å²) in [6.07, 6.45) is 2.43. The molecule has 0 radical (unpaired) electrons. The van der Waals surface area contributed by atoms with Crippen molar-refractivity contribution in [2.75, 3.05) is 6.54 Å². The highest BCUT2D eigenvalue weighted by atomic mass is 32.1. The van der Waals surface area contributed by atoms with E-state index in [-0.39, 0.29) is 0 Å². The fourth-order valence-corrected chi connectivity index (χ4v) is 3.33. The average molecular weight is 209 g/mol. The zero-order valence-electron chi connectivity index (χ0n) is 9.26. The van der Waals surface area contributed by atoms with Gasteiger partial charge >= 0.3 is 0 Å². The molecule has 1 atom stereocenters. The minimum atomic E-state index is 0.375. The van der Waals surface area contributed by atoms with E-state index in [9.17, 15) is 0 Å². The van der Waals surface area contributed by atoms with Crippen molar-refractivity contribution in [3.63, 3.8) is 0 Å². The molecule has 0 saturated carbocycles. The van der Waals surface area contributed by atoms with Gasteiger partial charge < -0.3 is 5.32 Å². The molecule has 1 aliphatic rings. The molecule has 2 heteroatoms. The topological polar surface area (TPSA) is 12.0 Å². The standard InChI is InChI=1S/C12H19NS/c1-4-12(2,3)11-10-9(5-7-13-11)6-8-14-10/h6,8,11,13H,4-5,7H2,1-3H3. The molecule has 0 bridgehead atoms. The van der Waals surface area contributed by atoms with Gasteiger partial charge in [-0.15, -0.1) is 11.3 Å². The normalized spacial score (nSPS) is 22.1. The lowest BCUT2D eigenvalue weighted by molar-refractivity contribution is 0.231. The van der Waals surface area contributed by atoms with Gasteiger partial charge in [0.2, 0.25) is 0 Å². The van der Waals surface area contributed by atoms with Crippen LogP contribution in [0, 0.1) is 5.41 Å². The molecule has 0 spiro atoms. The summed E-state index contributed by atoms with van der Waals surface area (Å²) in [7, 11) is 0. The molecule has 1 aromatic heterocycles. The number of rotatable bonds is 2. The Morgan fingerprint density at radius 2 is 2.36 bits per heavy atom. The van der Waals surface area contributed by atoms with E-state index in [4.69, 9.17) is 0 Å². The van der Waals surface area contributed by atoms with Crippen molar-refractivity contribution in [1.82, 2.24) is 5.32 Å². The number of hydrogen-bond donors (Lipinski definition) is 1. The lowest BCUT2D eigenvalue weighted by atomic mass is 9.79. The predicted molar refractivity (Wildman–Crippen MR) is 62.8 cm³/mol. The third-order valence-corrected chi connectivity index (χ3v) is 4.50. The lowest BCUT2D eigenvalue weighted by Crippen LogP contribution is -2.38. The summed E-state index contributed by atoms with van der Waals surface area (Å²) in [5.41, 5.74) is 1.94. The molecule has 0 aromatic carbocycles. The van der Waals surface area contributed by atoms with Crippen molar-refractivity contribution < 1.29 is 0 Å². The van der Waals surface area contributed by atoms with E-state index < -0.39 is 0 Å². The highest BCUT2D eigenvalue weighted by Gasteiger charge is 2.33. The fourth-order valence-electron chi connectivity index (χ4n) is 2.09. The van der Waals surface area contributed by atoms with Crippen molar-refractivity contribution >= 4 is 11.3 Å². The van der Waals surface area contributed by atoms with Crippen LogP contribution in [-0.2, 0) is 6.42 Å². The van der Waals surface area contributed by atoms with Crippen LogP contribution < -0.4 is 5.32 Å². The highest BCUT2D eigenvalue weighted by Crippen LogP contribution is 2.41. The van der Waals surface area contributed by atoms with E-state index in [0.717, 1.165) is 6.54 Å². The van der Waals surface area contributed by atoms with Gasteiger partial charge in [-0.25, -0.2) is 0 Å². The Bertz CT molecular complexity index is 314. The zero-order chi connectivity index (χ0) is 10.2. The molecule has 1 aliphatic heterocycles. The monoisotopic (exact) mass is 209 g/mol. The van der Waals surface area contributed by atoms with Crippen LogP contribution in [0.1, 0.15) is 43.7 Å². The summed E-state index contributed by atoms with van der Waals surface area (Å²) >= 11 is 1.91. The summed E-state index contributed by atoms with van der Waals surface area (Å²) in [6.45, 7) is 8.14. The molecule has 1 aromatic rings. The molecule has 1 nitrogen and oxygen atoms in total. The molecule has 14 heavy (non-hydrogen) atoms. The Morgan fingerprint density at radius 3 is 3.07 bits per heavy atom. The molecule has 2 rings (SSSR count). The van der Waals surface area contributed by atoms with Gasteiger partial charge in [0.1, 0.15) is 0 Å². The largest absolute Gasteiger partial charge is 0.308 e. The number of fused-ring (bicyclic) bond motifs is 1. The highest BCUT2D eigenvalue weighted by molar-refractivity contribution is 7.10. The first-order chi connectivity index (χ1) is 6.65. The smallest absolute Gasteiger partial charge is 0.0469 e. The van der Waals surface area contributed by atoms with Crippen molar-refractivity contribution in [3.05, 3.63) is 21.9 Å². The first kappa shape index (κ1) is 10.2. The van der Waals surface area contributed by atoms with Gasteiger partial charge in [-0.3, -0.25) is 0 Å². The molecule has 0 saturated heterocycles. The van der Waals surface area contributed by atoms with E-state index in [1.165, 1.54) is 12.8 Å². The van der Waals surface area contributed by atoms with Crippen molar-refractivity contribution in [2.24, 2.45) is 5.41 Å². The van der Waals surface area contributed by atoms with Gasteiger partial charge in [0, 0.05) is 10.9 Å². The minimum absolute atomic E-state index is 0.375. The van der Waals surface area contributed by atoms with Crippen molar-refractivity contribution in [1.29, 1.82) is 0 Å². The van der Waals surface area contributed by atoms with Gasteiger partial charge in [0.05, 0.1) is 0 Å². The summed E-state index contributed by atoms with van der Waals surface area (Å²) in [5, 5.41) is 5.90. The molecule has 1 N–H and O–H groups in total. The maximum atomic E-state index is 3.66. The van der Waals surface area contributed by atoms with Crippen LogP contribution in [0.5, 0.6) is 0 Å². The first-order valence-electron chi connectivity index (χ1n) is 5.45. The third-order valence-electron chi connectivity index (χ3n) is 3.48. The molecule has 0 aliphatic carbocycles. The second-order valence-electron chi connectivity index (χ2n) is 4.79. The second-order valence-corrected chi connectivity index (χ2v) is 5.74. The minimum Gasteiger partial charge on any atom is -0.308 e. The van der Waals surface area contributed by atoms with Crippen LogP contribution in [0.3, 0.4) is 0 Å². The molecule has 0 fully saturated rings. The van der Waals surface area contributed by atoms with E-state index in [1.807, 2.05) is 11.3 Å². The third kappa shape index (κ3) is 1.61. The van der Waals surface area contributed by atoms with Crippen molar-refractivity contribution in [2.45, 2.75) is 39.7 Å². The maximum absolute atomic E-state index is 3.66. The van der Waals surface area contributed by atoms with Crippen LogP contribution in [-0.4, -0.2) is 6.54 Å². The van der Waals surface area contributed by atoms with E-state index in [0.29, 0.717) is 11.5 Å². The molecule has 78 valence electrons. The van der Waals surface area contributed by atoms with Crippen LogP contribution in [0.2, 0.25) is 0 Å². The maximum Gasteiger partial charge on any atom is 0.0469 e. The fraction of sp³-hybridized carbons (Fsp3) is 0.667. The van der Waals surface area contributed by atoms with Gasteiger partial charge in [-0.1, -0.05) is 20.8 Å². The van der Waals surface area contributed by atoms with Crippen LogP contribution in [0.25, 0.3) is 0 Å². The van der Waals surface area contributed by atoms with E-state index in [1.54, 1.807) is 10.4 Å². The number of thiophene rings is 1. The Morgan fingerprint density at radius 1 is 1.57 bits per heavy atom. The number of nitrogens with one attached hydrogen (secondary N) is 1. The Hall–Kier alpha value is -0.340. The summed E-state index contributed by atoms with van der Waals surface area (Å²) in [4.78, 5) is 1.57. The quantitative estimate of drug-likeness (QED) is 0.787. The molecule has 1 unspecified atom stereocenters.